The van der Waals surface area contributed by atoms with Crippen molar-refractivity contribution in [1.82, 2.24) is 59.4 Å². The van der Waals surface area contributed by atoms with Crippen molar-refractivity contribution in [2.75, 3.05) is 52.1 Å². The lowest BCUT2D eigenvalue weighted by molar-refractivity contribution is 0.170. The molecule has 2 aromatic carbocycles. The molecule has 388 valence electrons. The van der Waals surface area contributed by atoms with Gasteiger partial charge in [0, 0.05) is 35.9 Å². The molecule has 0 bridgehead atoms. The topological polar surface area (TPSA) is 327 Å². The number of sulfonamides is 2. The zero-order chi connectivity index (χ0) is 53.2. The number of aliphatic hydroxyl groups excluding tert-OH is 2. The zero-order valence-electron chi connectivity index (χ0n) is 40.9. The second kappa shape index (κ2) is 23.3. The molecule has 0 fully saturated rings. The Labute approximate surface area is 424 Å². The summed E-state index contributed by atoms with van der Waals surface area (Å²) in [4.78, 5) is 24.3. The summed E-state index contributed by atoms with van der Waals surface area (Å²) in [5.41, 5.74) is 1.97. The first-order chi connectivity index (χ1) is 35.6. The maximum atomic E-state index is 13.4. The Kier molecular flexibility index (Phi) is 16.8. The van der Waals surface area contributed by atoms with E-state index in [1.165, 1.54) is 90.4 Å². The molecule has 28 heteroatoms. The van der Waals surface area contributed by atoms with Crippen LogP contribution in [-0.4, -0.2) is 140 Å². The molecular formula is C46H50N14O12S2. The van der Waals surface area contributed by atoms with Gasteiger partial charge in [0.25, 0.3) is 0 Å². The van der Waals surface area contributed by atoms with E-state index in [4.69, 9.17) is 28.4 Å². The predicted molar refractivity (Wildman–Crippen MR) is 266 cm³/mol. The van der Waals surface area contributed by atoms with Crippen LogP contribution in [-0.2, 0) is 20.0 Å². The molecule has 4 N–H and O–H groups in total. The third-order valence-electron chi connectivity index (χ3n) is 11.1. The van der Waals surface area contributed by atoms with Gasteiger partial charge in [0.15, 0.2) is 11.6 Å². The van der Waals surface area contributed by atoms with Crippen molar-refractivity contribution in [1.29, 1.82) is 0 Å². The molecule has 74 heavy (non-hydrogen) atoms. The number of hydrogen-bond donors (Lipinski definition) is 4. The molecule has 0 amide bonds. The van der Waals surface area contributed by atoms with Gasteiger partial charge in [-0.3, -0.25) is 38.5 Å². The summed E-state index contributed by atoms with van der Waals surface area (Å²) in [6, 6.07) is 17.2. The third-order valence-corrected chi connectivity index (χ3v) is 14.5. The van der Waals surface area contributed by atoms with Gasteiger partial charge in [-0.1, -0.05) is 12.1 Å². The second-order valence-corrected chi connectivity index (χ2v) is 19.5. The molecule has 0 saturated heterocycles. The van der Waals surface area contributed by atoms with Gasteiger partial charge in [-0.05, 0) is 62.4 Å². The van der Waals surface area contributed by atoms with Gasteiger partial charge < -0.3 is 38.6 Å². The van der Waals surface area contributed by atoms with Gasteiger partial charge in [0.2, 0.25) is 43.7 Å². The van der Waals surface area contributed by atoms with Crippen LogP contribution in [0.3, 0.4) is 0 Å². The number of hydrogen-bond acceptors (Lipinski definition) is 22. The van der Waals surface area contributed by atoms with Gasteiger partial charge in [-0.15, -0.1) is 20.4 Å². The van der Waals surface area contributed by atoms with Crippen molar-refractivity contribution in [3.8, 4) is 68.9 Å². The minimum atomic E-state index is -4.23. The van der Waals surface area contributed by atoms with Crippen molar-refractivity contribution in [3.63, 3.8) is 0 Å². The van der Waals surface area contributed by atoms with Crippen LogP contribution in [0.25, 0.3) is 34.2 Å². The van der Waals surface area contributed by atoms with Gasteiger partial charge >= 0.3 is 0 Å². The Hall–Kier alpha value is -8.60. The van der Waals surface area contributed by atoms with Gasteiger partial charge in [-0.2, -0.15) is 0 Å². The first-order valence-electron chi connectivity index (χ1n) is 21.9. The number of rotatable bonds is 20. The third kappa shape index (κ3) is 11.4. The molecule has 8 aromatic rings. The van der Waals surface area contributed by atoms with E-state index in [1.54, 1.807) is 85.5 Å². The molecule has 0 radical (unpaired) electrons. The summed E-state index contributed by atoms with van der Waals surface area (Å²) in [5.74, 6) is 2.24. The van der Waals surface area contributed by atoms with Crippen LogP contribution in [0.4, 0.5) is 11.9 Å². The van der Waals surface area contributed by atoms with E-state index < -0.39 is 42.8 Å². The van der Waals surface area contributed by atoms with Crippen LogP contribution >= 0.6 is 0 Å². The highest BCUT2D eigenvalue weighted by atomic mass is 32.2. The number of nitrogens with zero attached hydrogens (tertiary/aromatic N) is 12. The fourth-order valence-corrected chi connectivity index (χ4v) is 9.12. The van der Waals surface area contributed by atoms with Gasteiger partial charge in [-0.25, -0.2) is 26.8 Å². The first-order valence-corrected chi connectivity index (χ1v) is 25.0. The molecule has 0 unspecified atom stereocenters. The Balaban J connectivity index is 0.000000216. The summed E-state index contributed by atoms with van der Waals surface area (Å²) in [6.07, 6.45) is 8.41. The standard InChI is InChI=1S/2C23H25N7O6S/c2*1-14(21(31)16-12-26-19(36-4)13-25-16)37(32,33)29-23-28-27-22(15-7-6-10-24-11-15)30(23)20-17(34-2)8-5-9-18(20)35-3/h2*5-14,21,31H,1-4H3,(H,28,29)/t2*14-,21-/m10/s1. The van der Waals surface area contributed by atoms with Crippen LogP contribution in [0.1, 0.15) is 37.4 Å². The normalized spacial score (nSPS) is 13.0. The van der Waals surface area contributed by atoms with E-state index in [0.717, 1.165) is 0 Å². The van der Waals surface area contributed by atoms with Crippen LogP contribution < -0.4 is 37.9 Å². The highest BCUT2D eigenvalue weighted by molar-refractivity contribution is 7.93. The maximum Gasteiger partial charge on any atom is 0.243 e. The summed E-state index contributed by atoms with van der Waals surface area (Å²) in [7, 11) is 0.279. The minimum absolute atomic E-state index is 0.0580. The van der Waals surface area contributed by atoms with Crippen LogP contribution in [0.15, 0.2) is 110 Å². The van der Waals surface area contributed by atoms with E-state index >= 15 is 0 Å². The number of para-hydroxylation sites is 2. The minimum Gasteiger partial charge on any atom is -0.494 e. The molecule has 6 aromatic heterocycles. The Bertz CT molecular complexity index is 3110. The highest BCUT2D eigenvalue weighted by Gasteiger charge is 2.35. The zero-order valence-corrected chi connectivity index (χ0v) is 42.5. The van der Waals surface area contributed by atoms with Gasteiger partial charge in [0.05, 0.1) is 78.8 Å². The van der Waals surface area contributed by atoms with Crippen molar-refractivity contribution in [3.05, 3.63) is 122 Å². The average molecular weight is 1060 g/mol. The van der Waals surface area contributed by atoms with E-state index in [2.05, 4.69) is 59.7 Å². The molecule has 8 rings (SSSR count). The van der Waals surface area contributed by atoms with E-state index in [1.807, 2.05) is 0 Å². The molecule has 0 saturated carbocycles. The number of nitrogens with one attached hydrogen (secondary N) is 2. The molecule has 6 heterocycles. The Morgan fingerprint density at radius 2 is 0.838 bits per heavy atom. The first kappa shape index (κ1) is 53.2. The molecule has 4 atom stereocenters. The van der Waals surface area contributed by atoms with E-state index in [-0.39, 0.29) is 46.7 Å². The van der Waals surface area contributed by atoms with Crippen molar-refractivity contribution >= 4 is 31.9 Å². The van der Waals surface area contributed by atoms with Crippen LogP contribution in [0.5, 0.6) is 34.8 Å². The Morgan fingerprint density at radius 1 is 0.473 bits per heavy atom. The summed E-state index contributed by atoms with van der Waals surface area (Å²) in [5, 5.41) is 35.4. The molecule has 0 aliphatic heterocycles. The predicted octanol–water partition coefficient (Wildman–Crippen LogP) is 4.02. The number of pyridine rings is 2. The van der Waals surface area contributed by atoms with E-state index in [0.29, 0.717) is 45.5 Å². The number of benzene rings is 2. The number of aliphatic hydroxyl groups is 2. The molecule has 0 aliphatic carbocycles. The summed E-state index contributed by atoms with van der Waals surface area (Å²) < 4.78 is 93.4. The molecule has 0 spiro atoms. The average Bonchev–Trinajstić information content (AvgIpc) is 4.05. The van der Waals surface area contributed by atoms with Crippen molar-refractivity contribution in [2.45, 2.75) is 36.6 Å². The van der Waals surface area contributed by atoms with Crippen molar-refractivity contribution in [2.24, 2.45) is 0 Å². The highest BCUT2D eigenvalue weighted by Crippen LogP contribution is 2.40. The smallest absolute Gasteiger partial charge is 0.243 e. The van der Waals surface area contributed by atoms with Crippen LogP contribution in [0, 0.1) is 0 Å². The number of anilines is 2. The fourth-order valence-electron chi connectivity index (χ4n) is 7.02. The van der Waals surface area contributed by atoms with E-state index in [9.17, 15) is 27.0 Å². The molecule has 0 aliphatic rings. The van der Waals surface area contributed by atoms with Gasteiger partial charge in [0.1, 0.15) is 57.1 Å². The lowest BCUT2D eigenvalue weighted by Crippen LogP contribution is -2.32. The lowest BCUT2D eigenvalue weighted by atomic mass is 10.2. The number of aromatic nitrogens is 12. The maximum absolute atomic E-state index is 13.4. The number of ether oxygens (including phenoxy) is 6. The lowest BCUT2D eigenvalue weighted by Gasteiger charge is -2.21. The number of methoxy groups -OCH3 is 6. The fraction of sp³-hybridized carbons (Fsp3) is 0.261. The SMILES string of the molecule is COc1cnc([C@@H](O)[C@H](C)S(=O)(=O)Nc2nnc(-c3cccnc3)n2-c2c(OC)cccc2OC)cn1.COc1cnc([C@H](O)[C@@H](C)S(=O)(=O)Nc2nnc(-c3cccnc3)n2-c2c(OC)cccc2OC)cn1. The molecular weight excluding hydrogens is 1000 g/mol. The molecule has 26 nitrogen and oxygen atoms in total. The monoisotopic (exact) mass is 1050 g/mol. The van der Waals surface area contributed by atoms with Crippen molar-refractivity contribution < 1.29 is 55.5 Å². The largest absolute Gasteiger partial charge is 0.494 e. The Morgan fingerprint density at radius 3 is 1.12 bits per heavy atom. The summed E-state index contributed by atoms with van der Waals surface area (Å²) >= 11 is 0. The summed E-state index contributed by atoms with van der Waals surface area (Å²) in [6.45, 7) is 2.68. The quantitative estimate of drug-likeness (QED) is 0.0837. The second-order valence-electron chi connectivity index (χ2n) is 15.4. The van der Waals surface area contributed by atoms with Crippen LogP contribution in [0.2, 0.25) is 0 Å².